The number of aliphatic hydroxyl groups excluding tert-OH is 1. The van der Waals surface area contributed by atoms with Gasteiger partial charge in [-0.05, 0) is 42.9 Å². The fraction of sp³-hybridized carbons (Fsp3) is 0.500. The maximum absolute atomic E-state index is 9.31. The zero-order chi connectivity index (χ0) is 11.5. The predicted octanol–water partition coefficient (Wildman–Crippen LogP) is 2.96. The van der Waals surface area contributed by atoms with Gasteiger partial charge in [0.1, 0.15) is 0 Å². The molecule has 1 aliphatic heterocycles. The Morgan fingerprint density at radius 2 is 2.44 bits per heavy atom. The first kappa shape index (κ1) is 12.4. The van der Waals surface area contributed by atoms with Crippen molar-refractivity contribution in [3.8, 4) is 0 Å². The minimum absolute atomic E-state index is 0.287. The van der Waals surface area contributed by atoms with E-state index in [1.807, 2.05) is 18.7 Å². The number of hydrogen-bond acceptors (Lipinski definition) is 3. The molecule has 0 saturated carbocycles. The second kappa shape index (κ2) is 5.54. The maximum atomic E-state index is 9.31. The van der Waals surface area contributed by atoms with Gasteiger partial charge in [-0.1, -0.05) is 15.9 Å². The normalized spacial score (nSPS) is 21.6. The molecule has 1 aliphatic rings. The number of halogens is 1. The van der Waals surface area contributed by atoms with Crippen LogP contribution in [0.15, 0.2) is 27.6 Å². The molecule has 0 bridgehead atoms. The first-order valence-electron chi connectivity index (χ1n) is 5.50. The molecule has 0 amide bonds. The third kappa shape index (κ3) is 3.00. The van der Waals surface area contributed by atoms with Gasteiger partial charge < -0.3 is 10.4 Å². The largest absolute Gasteiger partial charge is 0.392 e. The molecule has 1 heterocycles. The Morgan fingerprint density at radius 1 is 1.62 bits per heavy atom. The van der Waals surface area contributed by atoms with E-state index >= 15 is 0 Å². The van der Waals surface area contributed by atoms with Crippen molar-refractivity contribution in [1.82, 2.24) is 5.32 Å². The van der Waals surface area contributed by atoms with E-state index in [1.54, 1.807) is 0 Å². The highest BCUT2D eigenvalue weighted by Crippen LogP contribution is 2.37. The topological polar surface area (TPSA) is 32.3 Å². The molecule has 2 rings (SSSR count). The smallest absolute Gasteiger partial charge is 0.0636 e. The molecule has 1 aromatic carbocycles. The molecule has 0 saturated heterocycles. The van der Waals surface area contributed by atoms with E-state index in [9.17, 15) is 5.11 Å². The van der Waals surface area contributed by atoms with Crippen LogP contribution in [-0.2, 0) is 0 Å². The monoisotopic (exact) mass is 301 g/mol. The number of fused-ring (bicyclic) bond motifs is 1. The maximum Gasteiger partial charge on any atom is 0.0636 e. The summed E-state index contributed by atoms with van der Waals surface area (Å²) in [7, 11) is 0. The van der Waals surface area contributed by atoms with Gasteiger partial charge in [0.15, 0.2) is 0 Å². The van der Waals surface area contributed by atoms with Crippen LogP contribution in [0.25, 0.3) is 0 Å². The molecule has 2 unspecified atom stereocenters. The van der Waals surface area contributed by atoms with E-state index in [0.29, 0.717) is 12.6 Å². The number of hydrogen-bond donors (Lipinski definition) is 2. The van der Waals surface area contributed by atoms with Crippen LogP contribution < -0.4 is 5.32 Å². The highest BCUT2D eigenvalue weighted by atomic mass is 79.9. The van der Waals surface area contributed by atoms with Gasteiger partial charge in [-0.2, -0.15) is 0 Å². The van der Waals surface area contributed by atoms with Gasteiger partial charge in [-0.25, -0.2) is 0 Å². The van der Waals surface area contributed by atoms with Crippen LogP contribution in [0.3, 0.4) is 0 Å². The highest BCUT2D eigenvalue weighted by molar-refractivity contribution is 9.10. The lowest BCUT2D eigenvalue weighted by molar-refractivity contribution is 0.185. The van der Waals surface area contributed by atoms with E-state index < -0.39 is 0 Å². The molecule has 16 heavy (non-hydrogen) atoms. The van der Waals surface area contributed by atoms with Crippen LogP contribution in [0, 0.1) is 0 Å². The van der Waals surface area contributed by atoms with Crippen molar-refractivity contribution in [3.63, 3.8) is 0 Å². The van der Waals surface area contributed by atoms with Crippen LogP contribution in [0.2, 0.25) is 0 Å². The van der Waals surface area contributed by atoms with E-state index in [4.69, 9.17) is 0 Å². The Bertz CT molecular complexity index is 370. The van der Waals surface area contributed by atoms with Crippen molar-refractivity contribution in [3.05, 3.63) is 28.2 Å². The molecule has 0 aliphatic carbocycles. The molecule has 0 fully saturated rings. The molecule has 2 atom stereocenters. The Hall–Kier alpha value is -0.0300. The summed E-state index contributed by atoms with van der Waals surface area (Å²) >= 11 is 5.42. The van der Waals surface area contributed by atoms with Gasteiger partial charge in [-0.15, -0.1) is 11.8 Å². The lowest BCUT2D eigenvalue weighted by atomic mass is 10.0. The molecule has 2 N–H and O–H groups in total. The SMILES string of the molecule is CC(O)CNC1CCSc2ccc(Br)cc21. The zero-order valence-corrected chi connectivity index (χ0v) is 11.6. The first-order valence-corrected chi connectivity index (χ1v) is 7.28. The van der Waals surface area contributed by atoms with Gasteiger partial charge in [0.05, 0.1) is 6.10 Å². The summed E-state index contributed by atoms with van der Waals surface area (Å²) in [5.41, 5.74) is 1.35. The average molecular weight is 302 g/mol. The molecule has 1 aromatic rings. The molecule has 2 nitrogen and oxygen atoms in total. The summed E-state index contributed by atoms with van der Waals surface area (Å²) < 4.78 is 1.12. The number of rotatable bonds is 3. The van der Waals surface area contributed by atoms with Crippen LogP contribution in [-0.4, -0.2) is 23.5 Å². The standard InChI is InChI=1S/C12H16BrNOS/c1-8(15)7-14-11-4-5-16-12-3-2-9(13)6-10(11)12/h2-3,6,8,11,14-15H,4-5,7H2,1H3. The van der Waals surface area contributed by atoms with E-state index in [-0.39, 0.29) is 6.10 Å². The molecule has 0 radical (unpaired) electrons. The van der Waals surface area contributed by atoms with E-state index in [2.05, 4.69) is 39.4 Å². The summed E-state index contributed by atoms with van der Waals surface area (Å²) in [6.45, 7) is 2.47. The molecule has 88 valence electrons. The average Bonchev–Trinajstić information content (AvgIpc) is 2.26. The van der Waals surface area contributed by atoms with Crippen molar-refractivity contribution in [2.75, 3.05) is 12.3 Å². The fourth-order valence-corrected chi connectivity index (χ4v) is 3.37. The highest BCUT2D eigenvalue weighted by Gasteiger charge is 2.20. The minimum Gasteiger partial charge on any atom is -0.392 e. The van der Waals surface area contributed by atoms with Crippen LogP contribution in [0.1, 0.15) is 24.9 Å². The Kier molecular flexibility index (Phi) is 4.30. The molecule has 0 spiro atoms. The second-order valence-electron chi connectivity index (χ2n) is 4.13. The number of nitrogens with one attached hydrogen (secondary N) is 1. The van der Waals surface area contributed by atoms with Gasteiger partial charge in [0.2, 0.25) is 0 Å². The van der Waals surface area contributed by atoms with Crippen LogP contribution in [0.5, 0.6) is 0 Å². The number of thioether (sulfide) groups is 1. The van der Waals surface area contributed by atoms with Crippen molar-refractivity contribution in [2.45, 2.75) is 30.4 Å². The predicted molar refractivity (Wildman–Crippen MR) is 71.9 cm³/mol. The van der Waals surface area contributed by atoms with Gasteiger partial charge in [0, 0.05) is 22.0 Å². The molecular formula is C12H16BrNOS. The van der Waals surface area contributed by atoms with Gasteiger partial charge >= 0.3 is 0 Å². The van der Waals surface area contributed by atoms with Crippen molar-refractivity contribution in [2.24, 2.45) is 0 Å². The quantitative estimate of drug-likeness (QED) is 0.900. The van der Waals surface area contributed by atoms with Crippen LogP contribution in [0.4, 0.5) is 0 Å². The molecular weight excluding hydrogens is 286 g/mol. The first-order chi connectivity index (χ1) is 7.66. The Labute approximate surface area is 109 Å². The summed E-state index contributed by atoms with van der Waals surface area (Å²) in [5, 5.41) is 12.7. The molecule has 0 aromatic heterocycles. The molecule has 4 heteroatoms. The third-order valence-electron chi connectivity index (χ3n) is 2.67. The summed E-state index contributed by atoms with van der Waals surface area (Å²) in [5.74, 6) is 1.14. The number of benzene rings is 1. The van der Waals surface area contributed by atoms with E-state index in [0.717, 1.165) is 16.6 Å². The summed E-state index contributed by atoms with van der Waals surface area (Å²) in [6.07, 6.45) is 0.839. The Balaban J connectivity index is 2.15. The lowest BCUT2D eigenvalue weighted by Gasteiger charge is -2.26. The van der Waals surface area contributed by atoms with Crippen molar-refractivity contribution < 1.29 is 5.11 Å². The minimum atomic E-state index is -0.287. The fourth-order valence-electron chi connectivity index (χ4n) is 1.89. The van der Waals surface area contributed by atoms with E-state index in [1.165, 1.54) is 10.5 Å². The van der Waals surface area contributed by atoms with Gasteiger partial charge in [-0.3, -0.25) is 0 Å². The van der Waals surface area contributed by atoms with Crippen molar-refractivity contribution in [1.29, 1.82) is 0 Å². The van der Waals surface area contributed by atoms with Crippen molar-refractivity contribution >= 4 is 27.7 Å². The third-order valence-corrected chi connectivity index (χ3v) is 4.29. The summed E-state index contributed by atoms with van der Waals surface area (Å²) in [4.78, 5) is 1.36. The zero-order valence-electron chi connectivity index (χ0n) is 9.24. The van der Waals surface area contributed by atoms with Crippen LogP contribution >= 0.6 is 27.7 Å². The van der Waals surface area contributed by atoms with Gasteiger partial charge in [0.25, 0.3) is 0 Å². The lowest BCUT2D eigenvalue weighted by Crippen LogP contribution is -2.30. The second-order valence-corrected chi connectivity index (χ2v) is 6.18. The number of aliphatic hydroxyl groups is 1. The Morgan fingerprint density at radius 3 is 3.19 bits per heavy atom. The summed E-state index contributed by atoms with van der Waals surface area (Å²) in [6, 6.07) is 6.81.